The van der Waals surface area contributed by atoms with Crippen LogP contribution in [-0.4, -0.2) is 50.6 Å². The molecule has 0 saturated carbocycles. The van der Waals surface area contributed by atoms with Crippen LogP contribution in [0.4, 0.5) is 0 Å². The van der Waals surface area contributed by atoms with Crippen LogP contribution in [0.2, 0.25) is 0 Å². The number of nitrogens with zero attached hydrogens (tertiary/aromatic N) is 1. The molecule has 0 aliphatic rings. The van der Waals surface area contributed by atoms with E-state index in [1.54, 1.807) is 24.9 Å². The Bertz CT molecular complexity index is 784. The molecule has 7 nitrogen and oxygen atoms in total. The molecular formula is C20H26N2O5. The molecule has 27 heavy (non-hydrogen) atoms. The molecule has 0 aliphatic heterocycles. The summed E-state index contributed by atoms with van der Waals surface area (Å²) >= 11 is 0. The lowest BCUT2D eigenvalue weighted by Gasteiger charge is -2.15. The summed E-state index contributed by atoms with van der Waals surface area (Å²) in [4.78, 5) is 25.4. The molecule has 0 saturated heterocycles. The van der Waals surface area contributed by atoms with Crippen molar-refractivity contribution >= 4 is 11.9 Å². The number of furan rings is 1. The molecule has 7 heteroatoms. The van der Waals surface area contributed by atoms with Gasteiger partial charge in [-0.3, -0.25) is 9.69 Å². The van der Waals surface area contributed by atoms with Crippen LogP contribution in [0.3, 0.4) is 0 Å². The van der Waals surface area contributed by atoms with Crippen LogP contribution in [0.1, 0.15) is 27.4 Å². The lowest BCUT2D eigenvalue weighted by atomic mass is 10.2. The van der Waals surface area contributed by atoms with Gasteiger partial charge in [0, 0.05) is 0 Å². The van der Waals surface area contributed by atoms with E-state index in [-0.39, 0.29) is 12.5 Å². The van der Waals surface area contributed by atoms with Crippen molar-refractivity contribution < 1.29 is 23.5 Å². The normalized spacial score (nSPS) is 10.7. The molecule has 2 aromatic rings. The first-order chi connectivity index (χ1) is 12.9. The second-order valence-corrected chi connectivity index (χ2v) is 6.36. The number of hydrogen-bond donors (Lipinski definition) is 1. The maximum atomic E-state index is 12.0. The van der Waals surface area contributed by atoms with Crippen molar-refractivity contribution in [2.45, 2.75) is 20.4 Å². The Morgan fingerprint density at radius 1 is 1.22 bits per heavy atom. The minimum absolute atomic E-state index is 0.109. The molecular weight excluding hydrogens is 348 g/mol. The molecule has 0 radical (unpaired) electrons. The van der Waals surface area contributed by atoms with Crippen LogP contribution in [0, 0.1) is 13.8 Å². The number of benzene rings is 1. The van der Waals surface area contributed by atoms with Crippen LogP contribution in [0.25, 0.3) is 0 Å². The number of ether oxygens (including phenoxy) is 2. The average Bonchev–Trinajstić information content (AvgIpc) is 2.98. The fraction of sp³-hybridized carbons (Fsp3) is 0.400. The maximum Gasteiger partial charge on any atom is 0.341 e. The Kier molecular flexibility index (Phi) is 7.43. The Morgan fingerprint density at radius 3 is 2.70 bits per heavy atom. The van der Waals surface area contributed by atoms with Crippen molar-refractivity contribution in [2.24, 2.45) is 0 Å². The first kappa shape index (κ1) is 20.5. The third-order valence-corrected chi connectivity index (χ3v) is 3.90. The van der Waals surface area contributed by atoms with E-state index in [1.165, 1.54) is 7.11 Å². The van der Waals surface area contributed by atoms with Gasteiger partial charge in [0.25, 0.3) is 0 Å². The summed E-state index contributed by atoms with van der Waals surface area (Å²) in [5, 5.41) is 2.82. The average molecular weight is 374 g/mol. The first-order valence-electron chi connectivity index (χ1n) is 8.71. The van der Waals surface area contributed by atoms with Crippen LogP contribution in [0.5, 0.6) is 5.75 Å². The zero-order chi connectivity index (χ0) is 19.8. The Balaban J connectivity index is 1.71. The van der Waals surface area contributed by atoms with Crippen molar-refractivity contribution in [3.63, 3.8) is 0 Å². The first-order valence-corrected chi connectivity index (χ1v) is 8.71. The van der Waals surface area contributed by atoms with E-state index in [1.807, 2.05) is 31.2 Å². The van der Waals surface area contributed by atoms with Gasteiger partial charge in [0.05, 0.1) is 26.7 Å². The molecule has 1 aromatic carbocycles. The van der Waals surface area contributed by atoms with Gasteiger partial charge >= 0.3 is 5.97 Å². The summed E-state index contributed by atoms with van der Waals surface area (Å²) in [6.45, 7) is 5.14. The molecule has 0 fully saturated rings. The number of carbonyl (C=O) groups excluding carboxylic acids is 2. The van der Waals surface area contributed by atoms with Gasteiger partial charge in [0.2, 0.25) is 5.91 Å². The number of amides is 1. The highest BCUT2D eigenvalue weighted by Crippen LogP contribution is 2.17. The molecule has 1 N–H and O–H groups in total. The fourth-order valence-electron chi connectivity index (χ4n) is 2.62. The number of aryl methyl sites for hydroxylation is 2. The van der Waals surface area contributed by atoms with Crippen molar-refractivity contribution in [1.82, 2.24) is 10.2 Å². The topological polar surface area (TPSA) is 81.0 Å². The summed E-state index contributed by atoms with van der Waals surface area (Å²) in [6.07, 6.45) is 0. The van der Waals surface area contributed by atoms with Crippen LogP contribution in [0.15, 0.2) is 34.7 Å². The number of nitrogens with one attached hydrogen (secondary N) is 1. The highest BCUT2D eigenvalue weighted by molar-refractivity contribution is 5.90. The van der Waals surface area contributed by atoms with E-state index < -0.39 is 5.97 Å². The number of carbonyl (C=O) groups is 2. The van der Waals surface area contributed by atoms with Crippen molar-refractivity contribution in [3.05, 3.63) is 53.0 Å². The molecule has 1 amide bonds. The van der Waals surface area contributed by atoms with Crippen molar-refractivity contribution in [1.29, 1.82) is 0 Å². The predicted molar refractivity (Wildman–Crippen MR) is 101 cm³/mol. The van der Waals surface area contributed by atoms with E-state index in [4.69, 9.17) is 13.9 Å². The third kappa shape index (κ3) is 6.45. The Hall–Kier alpha value is -2.80. The predicted octanol–water partition coefficient (Wildman–Crippen LogP) is 2.31. The van der Waals surface area contributed by atoms with Gasteiger partial charge in [-0.25, -0.2) is 4.79 Å². The number of esters is 1. The summed E-state index contributed by atoms with van der Waals surface area (Å²) in [5.41, 5.74) is 1.53. The van der Waals surface area contributed by atoms with E-state index in [0.29, 0.717) is 36.8 Å². The van der Waals surface area contributed by atoms with Crippen LogP contribution >= 0.6 is 0 Å². The zero-order valence-corrected chi connectivity index (χ0v) is 16.2. The molecule has 1 heterocycles. The van der Waals surface area contributed by atoms with Gasteiger partial charge in [-0.05, 0) is 44.7 Å². The van der Waals surface area contributed by atoms with E-state index in [9.17, 15) is 9.59 Å². The van der Waals surface area contributed by atoms with E-state index >= 15 is 0 Å². The molecule has 0 spiro atoms. The minimum Gasteiger partial charge on any atom is -0.492 e. The fourth-order valence-corrected chi connectivity index (χ4v) is 2.62. The van der Waals surface area contributed by atoms with Gasteiger partial charge in [-0.2, -0.15) is 0 Å². The third-order valence-electron chi connectivity index (χ3n) is 3.90. The summed E-state index contributed by atoms with van der Waals surface area (Å²) in [7, 11) is 3.13. The van der Waals surface area contributed by atoms with Crippen LogP contribution < -0.4 is 10.1 Å². The highest BCUT2D eigenvalue weighted by atomic mass is 16.5. The van der Waals surface area contributed by atoms with Gasteiger partial charge in [-0.15, -0.1) is 0 Å². The highest BCUT2D eigenvalue weighted by Gasteiger charge is 2.17. The quantitative estimate of drug-likeness (QED) is 0.536. The lowest BCUT2D eigenvalue weighted by molar-refractivity contribution is -0.122. The van der Waals surface area contributed by atoms with E-state index in [0.717, 1.165) is 11.3 Å². The molecule has 0 aliphatic carbocycles. The Morgan fingerprint density at radius 2 is 2.00 bits per heavy atom. The standard InChI is InChI=1S/C20H26N2O5/c1-14-6-5-7-16(10-14)26-9-8-21-19(23)13-22(3)12-17-11-18(15(2)27-17)20(24)25-4/h5-7,10-11H,8-9,12-13H2,1-4H3,(H,21,23). The van der Waals surface area contributed by atoms with E-state index in [2.05, 4.69) is 5.32 Å². The SMILES string of the molecule is COC(=O)c1cc(CN(C)CC(=O)NCCOc2cccc(C)c2)oc1C. The van der Waals surface area contributed by atoms with Gasteiger partial charge in [0.1, 0.15) is 29.4 Å². The lowest BCUT2D eigenvalue weighted by Crippen LogP contribution is -2.36. The molecule has 0 unspecified atom stereocenters. The number of likely N-dealkylation sites (N-methyl/N-ethyl adjacent to an activating group) is 1. The van der Waals surface area contributed by atoms with Crippen LogP contribution in [-0.2, 0) is 16.1 Å². The smallest absolute Gasteiger partial charge is 0.341 e. The van der Waals surface area contributed by atoms with Crippen molar-refractivity contribution in [2.75, 3.05) is 33.9 Å². The van der Waals surface area contributed by atoms with Crippen molar-refractivity contribution in [3.8, 4) is 5.75 Å². The number of rotatable bonds is 9. The number of methoxy groups -OCH3 is 1. The monoisotopic (exact) mass is 374 g/mol. The molecule has 2 rings (SSSR count). The zero-order valence-electron chi connectivity index (χ0n) is 16.2. The van der Waals surface area contributed by atoms with Gasteiger partial charge < -0.3 is 19.2 Å². The van der Waals surface area contributed by atoms with Gasteiger partial charge in [-0.1, -0.05) is 12.1 Å². The molecule has 0 bridgehead atoms. The second kappa shape index (κ2) is 9.78. The number of hydrogen-bond acceptors (Lipinski definition) is 6. The van der Waals surface area contributed by atoms with Gasteiger partial charge in [0.15, 0.2) is 0 Å². The minimum atomic E-state index is -0.434. The maximum absolute atomic E-state index is 12.0. The second-order valence-electron chi connectivity index (χ2n) is 6.36. The summed E-state index contributed by atoms with van der Waals surface area (Å²) in [6, 6.07) is 9.41. The molecule has 146 valence electrons. The molecule has 0 atom stereocenters. The largest absolute Gasteiger partial charge is 0.492 e. The summed E-state index contributed by atoms with van der Waals surface area (Å²) in [5.74, 6) is 1.35. The Labute approximate surface area is 159 Å². The molecule has 1 aromatic heterocycles. The summed E-state index contributed by atoms with van der Waals surface area (Å²) < 4.78 is 15.9.